The maximum atomic E-state index is 11.8. The molecule has 0 aliphatic carbocycles. The van der Waals surface area contributed by atoms with Gasteiger partial charge in [0.2, 0.25) is 0 Å². The largest absolute Gasteiger partial charge is 0.300 e. The van der Waals surface area contributed by atoms with Crippen molar-refractivity contribution < 1.29 is 4.79 Å². The first kappa shape index (κ1) is 14.7. The van der Waals surface area contributed by atoms with E-state index >= 15 is 0 Å². The molecule has 0 aromatic carbocycles. The predicted molar refractivity (Wildman–Crippen MR) is 66.9 cm³/mol. The molecule has 2 unspecified atom stereocenters. The van der Waals surface area contributed by atoms with Crippen molar-refractivity contribution in [3.05, 3.63) is 0 Å². The number of carbonyl (C=O) groups excluding carboxylic acids is 1. The van der Waals surface area contributed by atoms with E-state index < -0.39 is 0 Å². The molecule has 90 valence electrons. The standard InChI is InChI=1S/C14H28O/c1-7-8-11(2)9-13(15)10-12(3)14(4,5)6/h11-12H,7-10H2,1-6H3. The van der Waals surface area contributed by atoms with Crippen molar-refractivity contribution in [1.82, 2.24) is 0 Å². The average molecular weight is 212 g/mol. The lowest BCUT2D eigenvalue weighted by Gasteiger charge is -2.26. The van der Waals surface area contributed by atoms with Crippen LogP contribution in [-0.4, -0.2) is 5.78 Å². The fraction of sp³-hybridized carbons (Fsp3) is 0.929. The summed E-state index contributed by atoms with van der Waals surface area (Å²) >= 11 is 0. The molecule has 0 bridgehead atoms. The van der Waals surface area contributed by atoms with Crippen molar-refractivity contribution in [3.63, 3.8) is 0 Å². The summed E-state index contributed by atoms with van der Waals surface area (Å²) in [7, 11) is 0. The summed E-state index contributed by atoms with van der Waals surface area (Å²) in [6.45, 7) is 13.2. The zero-order valence-electron chi connectivity index (χ0n) is 11.4. The third-order valence-electron chi connectivity index (χ3n) is 3.37. The highest BCUT2D eigenvalue weighted by molar-refractivity contribution is 5.78. The van der Waals surface area contributed by atoms with E-state index in [2.05, 4.69) is 41.5 Å². The fourth-order valence-electron chi connectivity index (χ4n) is 1.71. The molecule has 0 radical (unpaired) electrons. The maximum absolute atomic E-state index is 11.8. The van der Waals surface area contributed by atoms with Gasteiger partial charge in [0.25, 0.3) is 0 Å². The van der Waals surface area contributed by atoms with E-state index in [1.807, 2.05) is 0 Å². The molecule has 0 aliphatic heterocycles. The predicted octanol–water partition coefficient (Wildman–Crippen LogP) is 4.45. The van der Waals surface area contributed by atoms with Crippen LogP contribution in [0.15, 0.2) is 0 Å². The van der Waals surface area contributed by atoms with E-state index in [0.717, 1.165) is 12.8 Å². The summed E-state index contributed by atoms with van der Waals surface area (Å²) in [6, 6.07) is 0. The van der Waals surface area contributed by atoms with Crippen LogP contribution in [0.1, 0.15) is 67.2 Å². The van der Waals surface area contributed by atoms with E-state index in [9.17, 15) is 4.79 Å². The van der Waals surface area contributed by atoms with Gasteiger partial charge in [-0.3, -0.25) is 4.79 Å². The van der Waals surface area contributed by atoms with Crippen molar-refractivity contribution >= 4 is 5.78 Å². The lowest BCUT2D eigenvalue weighted by atomic mass is 9.78. The maximum Gasteiger partial charge on any atom is 0.133 e. The normalized spacial score (nSPS) is 16.1. The van der Waals surface area contributed by atoms with Crippen LogP contribution in [0.3, 0.4) is 0 Å². The molecule has 1 heteroatoms. The van der Waals surface area contributed by atoms with Gasteiger partial charge in [-0.1, -0.05) is 54.4 Å². The minimum absolute atomic E-state index is 0.254. The van der Waals surface area contributed by atoms with Gasteiger partial charge in [0.05, 0.1) is 0 Å². The third-order valence-corrected chi connectivity index (χ3v) is 3.37. The zero-order valence-corrected chi connectivity index (χ0v) is 11.4. The van der Waals surface area contributed by atoms with Crippen molar-refractivity contribution in [3.8, 4) is 0 Å². The molecule has 1 nitrogen and oxygen atoms in total. The number of hydrogen-bond acceptors (Lipinski definition) is 1. The van der Waals surface area contributed by atoms with E-state index in [-0.39, 0.29) is 5.41 Å². The quantitative estimate of drug-likeness (QED) is 0.635. The van der Waals surface area contributed by atoms with Crippen molar-refractivity contribution in [2.45, 2.75) is 67.2 Å². The van der Waals surface area contributed by atoms with Gasteiger partial charge in [-0.2, -0.15) is 0 Å². The highest BCUT2D eigenvalue weighted by atomic mass is 16.1. The lowest BCUT2D eigenvalue weighted by molar-refractivity contribution is -0.121. The van der Waals surface area contributed by atoms with Gasteiger partial charge in [-0.25, -0.2) is 0 Å². The topological polar surface area (TPSA) is 17.1 Å². The van der Waals surface area contributed by atoms with Gasteiger partial charge in [0, 0.05) is 12.8 Å². The van der Waals surface area contributed by atoms with Gasteiger partial charge in [0.15, 0.2) is 0 Å². The molecule has 0 rings (SSSR count). The molecular formula is C14H28O. The van der Waals surface area contributed by atoms with Crippen LogP contribution in [0.25, 0.3) is 0 Å². The Morgan fingerprint density at radius 2 is 1.67 bits per heavy atom. The second-order valence-corrected chi connectivity index (χ2v) is 6.11. The summed E-state index contributed by atoms with van der Waals surface area (Å²) in [5, 5.41) is 0. The van der Waals surface area contributed by atoms with Crippen molar-refractivity contribution in [1.29, 1.82) is 0 Å². The first-order valence-corrected chi connectivity index (χ1v) is 6.29. The molecule has 0 heterocycles. The molecule has 0 aliphatic rings. The van der Waals surface area contributed by atoms with Gasteiger partial charge < -0.3 is 0 Å². The van der Waals surface area contributed by atoms with E-state index in [0.29, 0.717) is 17.6 Å². The molecule has 0 amide bonds. The summed E-state index contributed by atoms with van der Waals surface area (Å²) in [5.41, 5.74) is 0.254. The van der Waals surface area contributed by atoms with Crippen LogP contribution in [0.5, 0.6) is 0 Å². The summed E-state index contributed by atoms with van der Waals surface area (Å²) in [5.74, 6) is 1.49. The Balaban J connectivity index is 3.94. The average Bonchev–Trinajstić information content (AvgIpc) is 2.01. The number of hydrogen-bond donors (Lipinski definition) is 0. The Bertz CT molecular complexity index is 188. The highest BCUT2D eigenvalue weighted by Crippen LogP contribution is 2.29. The van der Waals surface area contributed by atoms with Gasteiger partial charge in [-0.15, -0.1) is 0 Å². The molecule has 0 aromatic rings. The fourth-order valence-corrected chi connectivity index (χ4v) is 1.71. The number of Topliss-reactive ketones (excluding diaryl/α,β-unsaturated/α-hetero) is 1. The molecule has 0 saturated carbocycles. The third kappa shape index (κ3) is 6.70. The molecule has 15 heavy (non-hydrogen) atoms. The minimum Gasteiger partial charge on any atom is -0.300 e. The monoisotopic (exact) mass is 212 g/mol. The molecular weight excluding hydrogens is 184 g/mol. The number of carbonyl (C=O) groups is 1. The van der Waals surface area contributed by atoms with Crippen LogP contribution < -0.4 is 0 Å². The Kier molecular flexibility index (Phi) is 6.16. The van der Waals surface area contributed by atoms with Crippen molar-refractivity contribution in [2.24, 2.45) is 17.3 Å². The first-order valence-electron chi connectivity index (χ1n) is 6.29. The van der Waals surface area contributed by atoms with Gasteiger partial charge in [-0.05, 0) is 17.3 Å². The molecule has 0 fully saturated rings. The highest BCUT2D eigenvalue weighted by Gasteiger charge is 2.22. The number of ketones is 1. The van der Waals surface area contributed by atoms with E-state index in [4.69, 9.17) is 0 Å². The Morgan fingerprint density at radius 3 is 2.07 bits per heavy atom. The van der Waals surface area contributed by atoms with Crippen LogP contribution in [0.4, 0.5) is 0 Å². The minimum atomic E-state index is 0.254. The number of rotatable bonds is 6. The molecule has 2 atom stereocenters. The molecule has 0 aromatic heterocycles. The Labute approximate surface area is 95.6 Å². The lowest BCUT2D eigenvalue weighted by Crippen LogP contribution is -2.21. The van der Waals surface area contributed by atoms with Crippen LogP contribution in [0.2, 0.25) is 0 Å². The first-order chi connectivity index (χ1) is 6.77. The Morgan fingerprint density at radius 1 is 1.13 bits per heavy atom. The molecule has 0 spiro atoms. The van der Waals surface area contributed by atoms with Crippen molar-refractivity contribution in [2.75, 3.05) is 0 Å². The zero-order chi connectivity index (χ0) is 12.1. The Hall–Kier alpha value is -0.330. The summed E-state index contributed by atoms with van der Waals surface area (Å²) in [6.07, 6.45) is 3.88. The second kappa shape index (κ2) is 6.30. The molecule has 0 saturated heterocycles. The van der Waals surface area contributed by atoms with Crippen LogP contribution in [0, 0.1) is 17.3 Å². The van der Waals surface area contributed by atoms with Crippen LogP contribution >= 0.6 is 0 Å². The van der Waals surface area contributed by atoms with E-state index in [1.165, 1.54) is 12.8 Å². The van der Waals surface area contributed by atoms with Gasteiger partial charge in [0.1, 0.15) is 5.78 Å². The SMILES string of the molecule is CCCC(C)CC(=O)CC(C)C(C)(C)C. The summed E-state index contributed by atoms with van der Waals surface area (Å²) in [4.78, 5) is 11.8. The second-order valence-electron chi connectivity index (χ2n) is 6.11. The smallest absolute Gasteiger partial charge is 0.133 e. The van der Waals surface area contributed by atoms with E-state index in [1.54, 1.807) is 0 Å². The van der Waals surface area contributed by atoms with Gasteiger partial charge >= 0.3 is 0 Å². The molecule has 0 N–H and O–H groups in total. The van der Waals surface area contributed by atoms with Crippen LogP contribution in [-0.2, 0) is 4.79 Å². The summed E-state index contributed by atoms with van der Waals surface area (Å²) < 4.78 is 0.